The number of nitrogens with one attached hydrogen (secondary N) is 1. The van der Waals surface area contributed by atoms with Crippen LogP contribution in [0.4, 0.5) is 0 Å². The van der Waals surface area contributed by atoms with E-state index in [-0.39, 0.29) is 17.3 Å². The van der Waals surface area contributed by atoms with Gasteiger partial charge in [-0.3, -0.25) is 0 Å². The van der Waals surface area contributed by atoms with Crippen molar-refractivity contribution in [2.75, 3.05) is 20.3 Å². The highest BCUT2D eigenvalue weighted by atomic mass is 79.9. The van der Waals surface area contributed by atoms with E-state index in [9.17, 15) is 8.42 Å². The largest absolute Gasteiger partial charge is 0.493 e. The van der Waals surface area contributed by atoms with Crippen molar-refractivity contribution in [3.8, 4) is 11.5 Å². The lowest BCUT2D eigenvalue weighted by atomic mass is 10.1. The number of sulfonamides is 1. The fraction of sp³-hybridized carbons (Fsp3) is 0.333. The van der Waals surface area contributed by atoms with Crippen molar-refractivity contribution in [2.24, 2.45) is 5.14 Å². The molecule has 0 bridgehead atoms. The Morgan fingerprint density at radius 3 is 2.37 bits per heavy atom. The molecule has 2 rings (SSSR count). The third-order valence-electron chi connectivity index (χ3n) is 3.75. The van der Waals surface area contributed by atoms with Crippen molar-refractivity contribution in [1.29, 1.82) is 0 Å². The van der Waals surface area contributed by atoms with E-state index in [4.69, 9.17) is 14.6 Å². The molecule has 27 heavy (non-hydrogen) atoms. The van der Waals surface area contributed by atoms with Crippen LogP contribution in [0.5, 0.6) is 11.5 Å². The highest BCUT2D eigenvalue weighted by Gasteiger charge is 2.11. The van der Waals surface area contributed by atoms with Gasteiger partial charge in [0.15, 0.2) is 11.5 Å². The Bertz CT molecular complexity index is 845. The molecule has 6 nitrogen and oxygen atoms in total. The van der Waals surface area contributed by atoms with Gasteiger partial charge in [-0.25, -0.2) is 13.6 Å². The summed E-state index contributed by atoms with van der Waals surface area (Å²) in [5, 5.41) is 8.46. The van der Waals surface area contributed by atoms with Gasteiger partial charge in [0.1, 0.15) is 0 Å². The zero-order valence-corrected chi connectivity index (χ0v) is 18.4. The van der Waals surface area contributed by atoms with Gasteiger partial charge in [-0.05, 0) is 71.2 Å². The Balaban J connectivity index is 0.00000364. The Morgan fingerprint density at radius 2 is 1.81 bits per heavy atom. The van der Waals surface area contributed by atoms with Crippen molar-refractivity contribution in [3.63, 3.8) is 0 Å². The predicted octanol–water partition coefficient (Wildman–Crippen LogP) is 3.26. The van der Waals surface area contributed by atoms with Gasteiger partial charge in [-0.15, -0.1) is 12.4 Å². The number of nitrogens with two attached hydrogens (primary N) is 1. The molecule has 0 spiro atoms. The average molecular weight is 480 g/mol. The summed E-state index contributed by atoms with van der Waals surface area (Å²) in [6.07, 6.45) is 0.778. The molecule has 0 heterocycles. The van der Waals surface area contributed by atoms with Crippen LogP contribution in [0.2, 0.25) is 0 Å². The minimum Gasteiger partial charge on any atom is -0.493 e. The number of hydrogen-bond donors (Lipinski definition) is 2. The molecule has 0 atom stereocenters. The van der Waals surface area contributed by atoms with Gasteiger partial charge in [-0.2, -0.15) is 0 Å². The second kappa shape index (κ2) is 10.9. The minimum atomic E-state index is -3.64. The van der Waals surface area contributed by atoms with E-state index in [1.165, 1.54) is 12.1 Å². The SMILES string of the molecule is CCOc1c(Br)cc(CNCCc2ccc(S(N)(=O)=O)cc2)cc1OC.Cl. The van der Waals surface area contributed by atoms with Crippen LogP contribution in [0.1, 0.15) is 18.1 Å². The van der Waals surface area contributed by atoms with Crippen molar-refractivity contribution in [2.45, 2.75) is 24.8 Å². The Kier molecular flexibility index (Phi) is 9.55. The van der Waals surface area contributed by atoms with Crippen molar-refractivity contribution >= 4 is 38.4 Å². The lowest BCUT2D eigenvalue weighted by Gasteiger charge is -2.14. The molecule has 0 fully saturated rings. The first kappa shape index (κ1) is 23.7. The lowest BCUT2D eigenvalue weighted by Crippen LogP contribution is -2.17. The van der Waals surface area contributed by atoms with Crippen LogP contribution in [0.15, 0.2) is 45.8 Å². The number of benzene rings is 2. The molecule has 0 amide bonds. The van der Waals surface area contributed by atoms with Gasteiger partial charge in [-0.1, -0.05) is 12.1 Å². The van der Waals surface area contributed by atoms with E-state index in [0.717, 1.165) is 28.6 Å². The third-order valence-corrected chi connectivity index (χ3v) is 5.27. The monoisotopic (exact) mass is 478 g/mol. The summed E-state index contributed by atoms with van der Waals surface area (Å²) in [4.78, 5) is 0.126. The molecule has 0 aliphatic carbocycles. The van der Waals surface area contributed by atoms with Crippen LogP contribution >= 0.6 is 28.3 Å². The van der Waals surface area contributed by atoms with Crippen molar-refractivity contribution in [1.82, 2.24) is 5.32 Å². The van der Waals surface area contributed by atoms with Crippen molar-refractivity contribution < 1.29 is 17.9 Å². The maximum Gasteiger partial charge on any atom is 0.238 e. The van der Waals surface area contributed by atoms with Gasteiger partial charge in [0, 0.05) is 6.54 Å². The zero-order valence-electron chi connectivity index (χ0n) is 15.2. The molecule has 2 aromatic carbocycles. The number of primary sulfonamides is 1. The van der Waals surface area contributed by atoms with Crippen LogP contribution in [0.3, 0.4) is 0 Å². The van der Waals surface area contributed by atoms with E-state index in [1.54, 1.807) is 19.2 Å². The number of rotatable bonds is 9. The quantitative estimate of drug-likeness (QED) is 0.539. The first-order chi connectivity index (χ1) is 12.3. The molecule has 0 unspecified atom stereocenters. The van der Waals surface area contributed by atoms with Gasteiger partial charge < -0.3 is 14.8 Å². The summed E-state index contributed by atoms with van der Waals surface area (Å²) in [6, 6.07) is 10.6. The molecular formula is C18H24BrClN2O4S. The molecule has 0 aliphatic rings. The summed E-state index contributed by atoms with van der Waals surface area (Å²) in [6.45, 7) is 3.92. The Labute approximate surface area is 175 Å². The summed E-state index contributed by atoms with van der Waals surface area (Å²) in [5.41, 5.74) is 2.11. The minimum absolute atomic E-state index is 0. The average Bonchev–Trinajstić information content (AvgIpc) is 2.60. The summed E-state index contributed by atoms with van der Waals surface area (Å²) in [7, 11) is -2.02. The van der Waals surface area contributed by atoms with Crippen LogP contribution in [-0.2, 0) is 23.0 Å². The van der Waals surface area contributed by atoms with E-state index in [2.05, 4.69) is 21.2 Å². The number of halogens is 2. The highest BCUT2D eigenvalue weighted by molar-refractivity contribution is 9.10. The fourth-order valence-corrected chi connectivity index (χ4v) is 3.59. The summed E-state index contributed by atoms with van der Waals surface area (Å²) < 4.78 is 34.3. The van der Waals surface area contributed by atoms with E-state index in [0.29, 0.717) is 24.7 Å². The number of hydrogen-bond acceptors (Lipinski definition) is 5. The number of ether oxygens (including phenoxy) is 2. The number of methoxy groups -OCH3 is 1. The standard InChI is InChI=1S/C18H23BrN2O4S.ClH/c1-3-25-18-16(19)10-14(11-17(18)24-2)12-21-9-8-13-4-6-15(7-5-13)26(20,22)23;/h4-7,10-11,21H,3,8-9,12H2,1-2H3,(H2,20,22,23);1H. The van der Waals surface area contributed by atoms with Crippen LogP contribution in [0.25, 0.3) is 0 Å². The Morgan fingerprint density at radius 1 is 1.15 bits per heavy atom. The fourth-order valence-electron chi connectivity index (χ4n) is 2.47. The summed E-state index contributed by atoms with van der Waals surface area (Å²) in [5.74, 6) is 1.39. The van der Waals surface area contributed by atoms with Crippen LogP contribution in [0, 0.1) is 0 Å². The molecular weight excluding hydrogens is 456 g/mol. The molecule has 9 heteroatoms. The third kappa shape index (κ3) is 6.97. The molecule has 0 aliphatic heterocycles. The first-order valence-electron chi connectivity index (χ1n) is 8.16. The Hall–Kier alpha value is -1.32. The molecule has 0 saturated carbocycles. The van der Waals surface area contributed by atoms with E-state index >= 15 is 0 Å². The molecule has 0 saturated heterocycles. The smallest absolute Gasteiger partial charge is 0.238 e. The summed E-state index contributed by atoms with van der Waals surface area (Å²) >= 11 is 3.52. The zero-order chi connectivity index (χ0) is 19.2. The maximum atomic E-state index is 11.2. The molecule has 0 aromatic heterocycles. The molecule has 3 N–H and O–H groups in total. The predicted molar refractivity (Wildman–Crippen MR) is 112 cm³/mol. The van der Waals surface area contributed by atoms with E-state index in [1.807, 2.05) is 19.1 Å². The maximum absolute atomic E-state index is 11.2. The second-order valence-electron chi connectivity index (χ2n) is 5.66. The van der Waals surface area contributed by atoms with Crippen LogP contribution in [-0.4, -0.2) is 28.7 Å². The van der Waals surface area contributed by atoms with Crippen molar-refractivity contribution in [3.05, 3.63) is 52.0 Å². The molecule has 0 radical (unpaired) electrons. The first-order valence-corrected chi connectivity index (χ1v) is 10.5. The highest BCUT2D eigenvalue weighted by Crippen LogP contribution is 2.36. The molecule has 150 valence electrons. The molecule has 2 aromatic rings. The van der Waals surface area contributed by atoms with Gasteiger partial charge in [0.25, 0.3) is 0 Å². The normalized spacial score (nSPS) is 11.0. The second-order valence-corrected chi connectivity index (χ2v) is 8.07. The van der Waals surface area contributed by atoms with Gasteiger partial charge in [0.2, 0.25) is 10.0 Å². The lowest BCUT2D eigenvalue weighted by molar-refractivity contribution is 0.308. The van der Waals surface area contributed by atoms with Crippen LogP contribution < -0.4 is 19.9 Å². The van der Waals surface area contributed by atoms with Gasteiger partial charge >= 0.3 is 0 Å². The van der Waals surface area contributed by atoms with Gasteiger partial charge in [0.05, 0.1) is 23.1 Å². The van der Waals surface area contributed by atoms with E-state index < -0.39 is 10.0 Å². The topological polar surface area (TPSA) is 90.6 Å².